The maximum Gasteiger partial charge on any atom is 0.425 e. The van der Waals surface area contributed by atoms with Crippen molar-refractivity contribution in [1.29, 1.82) is 0 Å². The zero-order valence-corrected chi connectivity index (χ0v) is 21.5. The summed E-state index contributed by atoms with van der Waals surface area (Å²) < 4.78 is 43.0. The van der Waals surface area contributed by atoms with Gasteiger partial charge in [0.15, 0.2) is 6.10 Å². The van der Waals surface area contributed by atoms with Gasteiger partial charge in [-0.2, -0.15) is 13.2 Å². The SMILES string of the molecule is CCC1CCN(c2cc(Cl)ccc2CN2CCCC23CCN(C(=O)OC(C)C(F)(F)F)CC3)CC1. The summed E-state index contributed by atoms with van der Waals surface area (Å²) in [5.74, 6) is 0.798. The second kappa shape index (κ2) is 10.8. The Morgan fingerprint density at radius 1 is 1.14 bits per heavy atom. The summed E-state index contributed by atoms with van der Waals surface area (Å²) in [4.78, 5) is 18.7. The van der Waals surface area contributed by atoms with Crippen molar-refractivity contribution in [2.75, 3.05) is 37.6 Å². The van der Waals surface area contributed by atoms with Gasteiger partial charge in [-0.25, -0.2) is 4.79 Å². The van der Waals surface area contributed by atoms with Crippen LogP contribution in [0.5, 0.6) is 0 Å². The quantitative estimate of drug-likeness (QED) is 0.449. The van der Waals surface area contributed by atoms with Gasteiger partial charge in [-0.1, -0.05) is 31.0 Å². The molecule has 0 aliphatic carbocycles. The van der Waals surface area contributed by atoms with Crippen LogP contribution >= 0.6 is 11.6 Å². The number of piperidine rings is 2. The molecule has 3 heterocycles. The lowest BCUT2D eigenvalue weighted by molar-refractivity contribution is -0.200. The van der Waals surface area contributed by atoms with Crippen LogP contribution in [-0.4, -0.2) is 66.4 Å². The maximum atomic E-state index is 12.8. The zero-order chi connectivity index (χ0) is 25.2. The Morgan fingerprint density at radius 3 is 2.46 bits per heavy atom. The van der Waals surface area contributed by atoms with Crippen LogP contribution in [0.3, 0.4) is 0 Å². The fraction of sp³-hybridized carbons (Fsp3) is 0.731. The van der Waals surface area contributed by atoms with Crippen molar-refractivity contribution < 1.29 is 22.7 Å². The van der Waals surface area contributed by atoms with E-state index in [9.17, 15) is 18.0 Å². The lowest BCUT2D eigenvalue weighted by Gasteiger charge is -2.45. The molecule has 1 aromatic rings. The van der Waals surface area contributed by atoms with Gasteiger partial charge in [0.05, 0.1) is 0 Å². The average Bonchev–Trinajstić information content (AvgIpc) is 3.21. The van der Waals surface area contributed by atoms with E-state index in [-0.39, 0.29) is 5.54 Å². The van der Waals surface area contributed by atoms with Crippen molar-refractivity contribution in [2.24, 2.45) is 5.92 Å². The molecule has 196 valence electrons. The van der Waals surface area contributed by atoms with Gasteiger partial charge in [0, 0.05) is 49.0 Å². The highest BCUT2D eigenvalue weighted by atomic mass is 35.5. The van der Waals surface area contributed by atoms with E-state index in [1.54, 1.807) is 0 Å². The Bertz CT molecular complexity index is 881. The fourth-order valence-corrected chi connectivity index (χ4v) is 6.12. The molecule has 1 unspecified atom stereocenters. The van der Waals surface area contributed by atoms with E-state index >= 15 is 0 Å². The molecule has 0 bridgehead atoms. The number of likely N-dealkylation sites (tertiary alicyclic amines) is 2. The third-order valence-electron chi connectivity index (χ3n) is 8.37. The van der Waals surface area contributed by atoms with E-state index < -0.39 is 18.4 Å². The van der Waals surface area contributed by atoms with Crippen LogP contribution in [0.4, 0.5) is 23.7 Å². The fourth-order valence-electron chi connectivity index (χ4n) is 5.96. The van der Waals surface area contributed by atoms with E-state index in [1.807, 2.05) is 6.07 Å². The van der Waals surface area contributed by atoms with Gasteiger partial charge in [0.1, 0.15) is 0 Å². The number of rotatable bonds is 5. The molecule has 35 heavy (non-hydrogen) atoms. The van der Waals surface area contributed by atoms with Crippen molar-refractivity contribution in [3.63, 3.8) is 0 Å². The van der Waals surface area contributed by atoms with Crippen molar-refractivity contribution in [3.05, 3.63) is 28.8 Å². The minimum absolute atomic E-state index is 0.0292. The second-order valence-electron chi connectivity index (χ2n) is 10.4. The number of anilines is 1. The third kappa shape index (κ3) is 6.01. The Labute approximate surface area is 211 Å². The topological polar surface area (TPSA) is 36.0 Å². The molecule has 1 amide bonds. The molecule has 9 heteroatoms. The molecular weight excluding hydrogens is 479 g/mol. The monoisotopic (exact) mass is 515 g/mol. The van der Waals surface area contributed by atoms with Crippen LogP contribution in [0, 0.1) is 5.92 Å². The molecule has 0 saturated carbocycles. The molecule has 5 nitrogen and oxygen atoms in total. The number of benzene rings is 1. The highest BCUT2D eigenvalue weighted by Gasteiger charge is 2.45. The number of carbonyl (C=O) groups excluding carboxylic acids is 1. The van der Waals surface area contributed by atoms with E-state index in [2.05, 4.69) is 33.6 Å². The van der Waals surface area contributed by atoms with Crippen LogP contribution in [-0.2, 0) is 11.3 Å². The molecule has 1 atom stereocenters. The first kappa shape index (κ1) is 26.4. The first-order chi connectivity index (χ1) is 16.6. The number of hydrogen-bond acceptors (Lipinski definition) is 4. The van der Waals surface area contributed by atoms with Crippen LogP contribution in [0.25, 0.3) is 0 Å². The molecule has 0 aromatic heterocycles. The molecule has 1 spiro atoms. The van der Waals surface area contributed by atoms with E-state index in [1.165, 1.54) is 35.4 Å². The van der Waals surface area contributed by atoms with E-state index in [0.29, 0.717) is 13.1 Å². The van der Waals surface area contributed by atoms with Gasteiger partial charge >= 0.3 is 12.3 Å². The van der Waals surface area contributed by atoms with Gasteiger partial charge in [-0.3, -0.25) is 4.90 Å². The minimum atomic E-state index is -4.54. The van der Waals surface area contributed by atoms with Gasteiger partial charge in [-0.15, -0.1) is 0 Å². The number of nitrogens with zero attached hydrogens (tertiary/aromatic N) is 3. The smallest absolute Gasteiger partial charge is 0.425 e. The number of hydrogen-bond donors (Lipinski definition) is 0. The predicted octanol–water partition coefficient (Wildman–Crippen LogP) is 6.48. The van der Waals surface area contributed by atoms with Gasteiger partial charge in [0.2, 0.25) is 0 Å². The highest BCUT2D eigenvalue weighted by molar-refractivity contribution is 6.30. The van der Waals surface area contributed by atoms with Crippen molar-refractivity contribution in [1.82, 2.24) is 9.80 Å². The van der Waals surface area contributed by atoms with Crippen molar-refractivity contribution in [2.45, 2.75) is 83.2 Å². The van der Waals surface area contributed by atoms with Crippen molar-refractivity contribution in [3.8, 4) is 0 Å². The van der Waals surface area contributed by atoms with Crippen molar-refractivity contribution >= 4 is 23.4 Å². The standard InChI is InChI=1S/C26H37ClF3N3O2/c1-3-20-7-13-31(14-8-20)23-17-22(27)6-5-21(23)18-33-12-4-9-25(33)10-15-32(16-11-25)24(34)35-19(2)26(28,29)30/h5-6,17,19-20H,3-4,7-16,18H2,1-2H3. The third-order valence-corrected chi connectivity index (χ3v) is 8.61. The average molecular weight is 516 g/mol. The Morgan fingerprint density at radius 2 is 1.83 bits per heavy atom. The number of amides is 1. The first-order valence-corrected chi connectivity index (χ1v) is 13.3. The largest absolute Gasteiger partial charge is 0.437 e. The normalized spacial score (nSPS) is 22.6. The lowest BCUT2D eigenvalue weighted by Crippen LogP contribution is -2.53. The highest BCUT2D eigenvalue weighted by Crippen LogP contribution is 2.41. The van der Waals surface area contributed by atoms with Crippen LogP contribution in [0.15, 0.2) is 18.2 Å². The molecule has 3 aliphatic rings. The summed E-state index contributed by atoms with van der Waals surface area (Å²) in [5.41, 5.74) is 2.46. The molecule has 3 saturated heterocycles. The predicted molar refractivity (Wildman–Crippen MR) is 132 cm³/mol. The van der Waals surface area contributed by atoms with Gasteiger partial charge in [0.25, 0.3) is 0 Å². The Balaban J connectivity index is 1.41. The van der Waals surface area contributed by atoms with Crippen LogP contribution in [0.1, 0.15) is 64.4 Å². The lowest BCUT2D eigenvalue weighted by atomic mass is 9.84. The minimum Gasteiger partial charge on any atom is -0.437 e. The zero-order valence-electron chi connectivity index (χ0n) is 20.7. The molecule has 4 rings (SSSR count). The summed E-state index contributed by atoms with van der Waals surface area (Å²) in [6.45, 7) is 7.85. The molecule has 3 fully saturated rings. The number of alkyl halides is 3. The molecule has 0 N–H and O–H groups in total. The maximum absolute atomic E-state index is 12.8. The van der Waals surface area contributed by atoms with Gasteiger partial charge < -0.3 is 14.5 Å². The number of halogens is 4. The Hall–Kier alpha value is -1.67. The summed E-state index contributed by atoms with van der Waals surface area (Å²) >= 11 is 6.40. The van der Waals surface area contributed by atoms with E-state index in [4.69, 9.17) is 11.6 Å². The summed E-state index contributed by atoms with van der Waals surface area (Å²) in [6, 6.07) is 6.19. The summed E-state index contributed by atoms with van der Waals surface area (Å²) in [7, 11) is 0. The second-order valence-corrected chi connectivity index (χ2v) is 10.9. The van der Waals surface area contributed by atoms with E-state index in [0.717, 1.165) is 69.7 Å². The van der Waals surface area contributed by atoms with Gasteiger partial charge in [-0.05, 0) is 75.6 Å². The summed E-state index contributed by atoms with van der Waals surface area (Å²) in [5, 5.41) is 0.748. The molecule has 3 aliphatic heterocycles. The Kier molecular flexibility index (Phi) is 8.11. The van der Waals surface area contributed by atoms with Crippen LogP contribution in [0.2, 0.25) is 5.02 Å². The molecule has 0 radical (unpaired) electrons. The molecular formula is C26H37ClF3N3O2. The summed E-state index contributed by atoms with van der Waals surface area (Å²) in [6.07, 6.45) is -0.266. The number of ether oxygens (including phenoxy) is 1. The first-order valence-electron chi connectivity index (χ1n) is 12.9. The number of carbonyl (C=O) groups is 1. The van der Waals surface area contributed by atoms with Crippen LogP contribution < -0.4 is 4.90 Å². The molecule has 1 aromatic carbocycles.